The van der Waals surface area contributed by atoms with E-state index in [1.807, 2.05) is 37.3 Å². The molecule has 2 aromatic heterocycles. The average molecular weight is 433 g/mol. The van der Waals surface area contributed by atoms with Gasteiger partial charge in [0.25, 0.3) is 15.9 Å². The summed E-state index contributed by atoms with van der Waals surface area (Å²) in [4.78, 5) is 0. The van der Waals surface area contributed by atoms with E-state index in [1.165, 1.54) is 10.4 Å². The number of rotatable bonds is 6. The van der Waals surface area contributed by atoms with Gasteiger partial charge >= 0.3 is 0 Å². The topological polar surface area (TPSA) is 125 Å². The Morgan fingerprint density at radius 1 is 1.13 bits per heavy atom. The number of sulfonamides is 1. The molecule has 0 spiro atoms. The van der Waals surface area contributed by atoms with E-state index in [-0.39, 0.29) is 30.0 Å². The van der Waals surface area contributed by atoms with E-state index in [0.29, 0.717) is 31.0 Å². The van der Waals surface area contributed by atoms with Gasteiger partial charge < -0.3 is 19.3 Å². The third-order valence-electron chi connectivity index (χ3n) is 5.02. The first-order chi connectivity index (χ1) is 14.3. The minimum absolute atomic E-state index is 0.156. The summed E-state index contributed by atoms with van der Waals surface area (Å²) in [6.45, 7) is 4.75. The first-order valence-electron chi connectivity index (χ1n) is 9.63. The number of nitrogens with zero attached hydrogens (tertiary/aromatic N) is 3. The first-order valence-corrected chi connectivity index (χ1v) is 11.1. The number of hydrogen-bond acceptors (Lipinski definition) is 8. The molecule has 160 valence electrons. The van der Waals surface area contributed by atoms with E-state index >= 15 is 0 Å². The van der Waals surface area contributed by atoms with Gasteiger partial charge in [0.15, 0.2) is 0 Å². The standard InChI is InChI=1S/C20H24N4O5S/c1-14-16(12-17(28-14)30(25,26)24-8-10-27-11-9-24)18-22-23-19(29-18)20(2,21)13-15-6-4-3-5-7-15/h3-7,12H,8-11,13,21H2,1-2H3/t20-/m1/s1. The van der Waals surface area contributed by atoms with Gasteiger partial charge in [0.2, 0.25) is 11.0 Å². The second-order valence-electron chi connectivity index (χ2n) is 7.54. The zero-order valence-electron chi connectivity index (χ0n) is 16.9. The molecule has 1 saturated heterocycles. The third kappa shape index (κ3) is 4.04. The molecular formula is C20H24N4O5S. The molecule has 4 rings (SSSR count). The van der Waals surface area contributed by atoms with E-state index in [1.54, 1.807) is 6.92 Å². The molecule has 0 amide bonds. The van der Waals surface area contributed by atoms with Crippen LogP contribution in [0.1, 0.15) is 24.1 Å². The van der Waals surface area contributed by atoms with Crippen molar-refractivity contribution < 1.29 is 22.0 Å². The fraction of sp³-hybridized carbons (Fsp3) is 0.400. The second-order valence-corrected chi connectivity index (χ2v) is 9.41. The summed E-state index contributed by atoms with van der Waals surface area (Å²) in [5.74, 6) is 0.803. The van der Waals surface area contributed by atoms with Gasteiger partial charge in [0.05, 0.1) is 24.3 Å². The van der Waals surface area contributed by atoms with Crippen LogP contribution < -0.4 is 5.73 Å². The Hall–Kier alpha value is -2.53. The van der Waals surface area contributed by atoms with Crippen molar-refractivity contribution in [1.29, 1.82) is 0 Å². The molecule has 1 aromatic carbocycles. The third-order valence-corrected chi connectivity index (χ3v) is 6.77. The summed E-state index contributed by atoms with van der Waals surface area (Å²) in [7, 11) is -3.76. The quantitative estimate of drug-likeness (QED) is 0.628. The predicted octanol–water partition coefficient (Wildman–Crippen LogP) is 2.08. The van der Waals surface area contributed by atoms with Crippen LogP contribution in [0.15, 0.2) is 50.3 Å². The molecule has 0 saturated carbocycles. The highest BCUT2D eigenvalue weighted by atomic mass is 32.2. The van der Waals surface area contributed by atoms with Gasteiger partial charge in [-0.1, -0.05) is 30.3 Å². The number of benzene rings is 1. The number of nitrogens with two attached hydrogens (primary N) is 1. The van der Waals surface area contributed by atoms with Crippen LogP contribution in [0.5, 0.6) is 0 Å². The average Bonchev–Trinajstić information content (AvgIpc) is 3.37. The number of ether oxygens (including phenoxy) is 1. The second kappa shape index (κ2) is 7.95. The van der Waals surface area contributed by atoms with Crippen LogP contribution in [0, 0.1) is 6.92 Å². The summed E-state index contributed by atoms with van der Waals surface area (Å²) in [5, 5.41) is 8.03. The molecule has 1 aliphatic heterocycles. The van der Waals surface area contributed by atoms with Crippen molar-refractivity contribution in [3.8, 4) is 11.5 Å². The van der Waals surface area contributed by atoms with Crippen molar-refractivity contribution in [1.82, 2.24) is 14.5 Å². The van der Waals surface area contributed by atoms with Crippen LogP contribution in [0.25, 0.3) is 11.5 Å². The number of furan rings is 1. The van der Waals surface area contributed by atoms with Crippen molar-refractivity contribution >= 4 is 10.0 Å². The Balaban J connectivity index is 1.59. The Labute approximate surface area is 174 Å². The Morgan fingerprint density at radius 3 is 2.53 bits per heavy atom. The molecule has 2 N–H and O–H groups in total. The molecule has 1 aliphatic rings. The van der Waals surface area contributed by atoms with E-state index in [9.17, 15) is 8.42 Å². The smallest absolute Gasteiger partial charge is 0.276 e. The van der Waals surface area contributed by atoms with E-state index in [2.05, 4.69) is 10.2 Å². The molecule has 9 nitrogen and oxygen atoms in total. The largest absolute Gasteiger partial charge is 0.448 e. The minimum atomic E-state index is -3.76. The van der Waals surface area contributed by atoms with Crippen LogP contribution in [0.2, 0.25) is 0 Å². The summed E-state index contributed by atoms with van der Waals surface area (Å²) >= 11 is 0. The van der Waals surface area contributed by atoms with Gasteiger partial charge in [0, 0.05) is 19.2 Å². The molecule has 0 radical (unpaired) electrons. The highest BCUT2D eigenvalue weighted by molar-refractivity contribution is 7.89. The van der Waals surface area contributed by atoms with E-state index in [4.69, 9.17) is 19.3 Å². The van der Waals surface area contributed by atoms with Crippen molar-refractivity contribution in [3.05, 3.63) is 53.6 Å². The summed E-state index contributed by atoms with van der Waals surface area (Å²) in [6.07, 6.45) is 0.510. The van der Waals surface area contributed by atoms with Crippen LogP contribution in [0.4, 0.5) is 0 Å². The van der Waals surface area contributed by atoms with Crippen molar-refractivity contribution in [2.45, 2.75) is 30.9 Å². The van der Waals surface area contributed by atoms with Crippen molar-refractivity contribution in [2.24, 2.45) is 5.73 Å². The number of hydrogen-bond donors (Lipinski definition) is 1. The normalized spacial score (nSPS) is 17.7. The molecule has 10 heteroatoms. The maximum absolute atomic E-state index is 12.8. The predicted molar refractivity (Wildman–Crippen MR) is 108 cm³/mol. The van der Waals surface area contributed by atoms with Crippen LogP contribution in [-0.2, 0) is 26.7 Å². The zero-order chi connectivity index (χ0) is 21.4. The van der Waals surface area contributed by atoms with Crippen molar-refractivity contribution in [3.63, 3.8) is 0 Å². The highest BCUT2D eigenvalue weighted by Crippen LogP contribution is 2.32. The molecule has 1 fully saturated rings. The summed E-state index contributed by atoms with van der Waals surface area (Å²) < 4.78 is 43.6. The minimum Gasteiger partial charge on any atom is -0.448 e. The zero-order valence-corrected chi connectivity index (χ0v) is 17.7. The number of aromatic nitrogens is 2. The molecule has 0 bridgehead atoms. The first kappa shape index (κ1) is 20.7. The monoisotopic (exact) mass is 432 g/mol. The maximum atomic E-state index is 12.8. The molecule has 3 aromatic rings. The van der Waals surface area contributed by atoms with Crippen molar-refractivity contribution in [2.75, 3.05) is 26.3 Å². The lowest BCUT2D eigenvalue weighted by molar-refractivity contribution is 0.0724. The lowest BCUT2D eigenvalue weighted by Crippen LogP contribution is -2.40. The Kier molecular flexibility index (Phi) is 5.49. The van der Waals surface area contributed by atoms with Gasteiger partial charge in [-0.2, -0.15) is 4.31 Å². The van der Waals surface area contributed by atoms with Crippen LogP contribution >= 0.6 is 0 Å². The lowest BCUT2D eigenvalue weighted by atomic mass is 9.94. The lowest BCUT2D eigenvalue weighted by Gasteiger charge is -2.24. The number of morpholine rings is 1. The SMILES string of the molecule is Cc1oc(S(=O)(=O)N2CCOCC2)cc1-c1nnc([C@](C)(N)Cc2ccccc2)o1. The van der Waals surface area contributed by atoms with Gasteiger partial charge in [-0.25, -0.2) is 8.42 Å². The molecule has 30 heavy (non-hydrogen) atoms. The molecule has 1 atom stereocenters. The Bertz CT molecular complexity index is 1120. The van der Waals surface area contributed by atoms with Gasteiger partial charge in [-0.05, 0) is 25.8 Å². The molecule has 0 unspecified atom stereocenters. The summed E-state index contributed by atoms with van der Waals surface area (Å²) in [5.41, 5.74) is 7.02. The molecule has 0 aliphatic carbocycles. The Morgan fingerprint density at radius 2 is 1.83 bits per heavy atom. The fourth-order valence-electron chi connectivity index (χ4n) is 3.37. The highest BCUT2D eigenvalue weighted by Gasteiger charge is 2.33. The van der Waals surface area contributed by atoms with E-state index in [0.717, 1.165) is 5.56 Å². The van der Waals surface area contributed by atoms with Gasteiger partial charge in [-0.3, -0.25) is 0 Å². The summed E-state index contributed by atoms with van der Waals surface area (Å²) in [6, 6.07) is 11.2. The van der Waals surface area contributed by atoms with Crippen LogP contribution in [-0.4, -0.2) is 49.2 Å². The van der Waals surface area contributed by atoms with Gasteiger partial charge in [0.1, 0.15) is 5.76 Å². The number of aryl methyl sites for hydroxylation is 1. The van der Waals surface area contributed by atoms with Gasteiger partial charge in [-0.15, -0.1) is 10.2 Å². The maximum Gasteiger partial charge on any atom is 0.276 e. The molecular weight excluding hydrogens is 408 g/mol. The fourth-order valence-corrected chi connectivity index (χ4v) is 4.75. The molecule has 3 heterocycles. The van der Waals surface area contributed by atoms with Crippen LogP contribution in [0.3, 0.4) is 0 Å². The van der Waals surface area contributed by atoms with E-state index < -0.39 is 15.6 Å².